The maximum Gasteiger partial charge on any atom is 0.377 e. The summed E-state index contributed by atoms with van der Waals surface area (Å²) in [6, 6.07) is 14.4. The molecule has 0 unspecified atom stereocenters. The molecule has 0 spiro atoms. The minimum absolute atomic E-state index is 0.151. The first-order valence-corrected chi connectivity index (χ1v) is 14.0. The summed E-state index contributed by atoms with van der Waals surface area (Å²) in [5.41, 5.74) is 2.10. The van der Waals surface area contributed by atoms with Crippen LogP contribution in [0.15, 0.2) is 48.5 Å². The van der Waals surface area contributed by atoms with Gasteiger partial charge in [-0.05, 0) is 80.4 Å². The molecule has 0 aliphatic carbocycles. The maximum atomic E-state index is 9.30. The molecule has 0 aliphatic heterocycles. The Labute approximate surface area is 176 Å². The molecule has 0 radical (unpaired) electrons. The molecule has 0 heterocycles. The monoisotopic (exact) mass is 496 g/mol. The standard InChI is InChI=1S/C15H16O2.2Cl2HO2P/c1-15(2,11-3-7-13(16)8-4-11)12-5-9-14(17)10-6-12;2*1-5(2,3)4/h3-10,16-17H,1-2H3;2*(H,3,4). The van der Waals surface area contributed by atoms with E-state index in [1.165, 1.54) is 0 Å². The molecule has 0 aliphatic rings. The van der Waals surface area contributed by atoms with Crippen molar-refractivity contribution in [2.75, 3.05) is 0 Å². The molecule has 0 amide bonds. The van der Waals surface area contributed by atoms with Crippen LogP contribution in [-0.4, -0.2) is 20.0 Å². The van der Waals surface area contributed by atoms with Crippen molar-refractivity contribution in [2.45, 2.75) is 19.3 Å². The zero-order valence-electron chi connectivity index (χ0n) is 14.1. The van der Waals surface area contributed by atoms with Crippen molar-refractivity contribution in [3.8, 4) is 11.5 Å². The number of aromatic hydroxyl groups is 2. The molecule has 2 rings (SSSR count). The Morgan fingerprint density at radius 3 is 1.04 bits per heavy atom. The lowest BCUT2D eigenvalue weighted by atomic mass is 9.78. The van der Waals surface area contributed by atoms with Crippen LogP contribution in [0.4, 0.5) is 0 Å². The summed E-state index contributed by atoms with van der Waals surface area (Å²) in [6.45, 7) is 4.23. The Morgan fingerprint density at radius 2 is 0.852 bits per heavy atom. The van der Waals surface area contributed by atoms with Gasteiger partial charge in [-0.1, -0.05) is 38.1 Å². The first-order chi connectivity index (χ1) is 12.0. The lowest BCUT2D eigenvalue weighted by Crippen LogP contribution is -2.18. The molecule has 2 aromatic carbocycles. The summed E-state index contributed by atoms with van der Waals surface area (Å²) in [5, 5.41) is 18.6. The molecule has 6 nitrogen and oxygen atoms in total. The van der Waals surface area contributed by atoms with Crippen LogP contribution < -0.4 is 0 Å². The quantitative estimate of drug-likeness (QED) is 0.349. The second kappa shape index (κ2) is 10.9. The van der Waals surface area contributed by atoms with E-state index in [9.17, 15) is 19.3 Å². The smallest absolute Gasteiger partial charge is 0.377 e. The van der Waals surface area contributed by atoms with Gasteiger partial charge in [0.25, 0.3) is 0 Å². The molecule has 0 atom stereocenters. The van der Waals surface area contributed by atoms with E-state index < -0.39 is 12.1 Å². The topological polar surface area (TPSA) is 115 Å². The zero-order chi connectivity index (χ0) is 21.5. The third kappa shape index (κ3) is 14.3. The Kier molecular flexibility index (Phi) is 10.8. The normalized spacial score (nSPS) is 11.6. The lowest BCUT2D eigenvalue weighted by molar-refractivity contribution is 0.474. The third-order valence-corrected chi connectivity index (χ3v) is 3.18. The minimum Gasteiger partial charge on any atom is -0.508 e. The predicted molar refractivity (Wildman–Crippen MR) is 111 cm³/mol. The molecule has 0 saturated heterocycles. The van der Waals surface area contributed by atoms with E-state index in [-0.39, 0.29) is 16.9 Å². The third-order valence-electron chi connectivity index (χ3n) is 3.18. The van der Waals surface area contributed by atoms with E-state index in [0.717, 1.165) is 11.1 Å². The second-order valence-corrected chi connectivity index (χ2v) is 13.9. The van der Waals surface area contributed by atoms with Gasteiger partial charge in [0, 0.05) is 5.41 Å². The van der Waals surface area contributed by atoms with E-state index in [1.807, 2.05) is 24.3 Å². The summed E-state index contributed by atoms with van der Waals surface area (Å²) in [4.78, 5) is 15.2. The van der Waals surface area contributed by atoms with Gasteiger partial charge in [-0.2, -0.15) is 0 Å². The van der Waals surface area contributed by atoms with E-state index in [0.29, 0.717) is 0 Å². The fraction of sp³-hybridized carbons (Fsp3) is 0.200. The minimum atomic E-state index is -3.69. The van der Waals surface area contributed by atoms with Crippen LogP contribution in [0.1, 0.15) is 25.0 Å². The molecule has 12 heteroatoms. The molecule has 0 fully saturated rings. The van der Waals surface area contributed by atoms with Gasteiger partial charge in [0.15, 0.2) is 0 Å². The second-order valence-electron chi connectivity index (χ2n) is 5.59. The van der Waals surface area contributed by atoms with Crippen LogP contribution in [0.5, 0.6) is 11.5 Å². The van der Waals surface area contributed by atoms with Crippen molar-refractivity contribution >= 4 is 57.1 Å². The molecular formula is C15H18Cl4O6P2. The highest BCUT2D eigenvalue weighted by molar-refractivity contribution is 8.04. The van der Waals surface area contributed by atoms with Crippen molar-refractivity contribution in [3.63, 3.8) is 0 Å². The summed E-state index contributed by atoms with van der Waals surface area (Å²) < 4.78 is 18.6. The molecule has 152 valence electrons. The fourth-order valence-electron chi connectivity index (χ4n) is 1.92. The number of hydrogen-bond donors (Lipinski definition) is 4. The number of phenols is 2. The average Bonchev–Trinajstić information content (AvgIpc) is 2.44. The zero-order valence-corrected chi connectivity index (χ0v) is 18.9. The van der Waals surface area contributed by atoms with Crippen LogP contribution in [0, 0.1) is 0 Å². The lowest BCUT2D eigenvalue weighted by Gasteiger charge is -2.26. The van der Waals surface area contributed by atoms with Gasteiger partial charge in [-0.15, -0.1) is 0 Å². The van der Waals surface area contributed by atoms with Crippen LogP contribution in [-0.2, 0) is 14.5 Å². The molecule has 0 saturated carbocycles. The number of halogens is 4. The summed E-state index contributed by atoms with van der Waals surface area (Å²) >= 11 is 17.6. The SMILES string of the molecule is CC(C)(c1ccc(O)cc1)c1ccc(O)cc1.O=P(O)(Cl)Cl.O=P(O)(Cl)Cl. The number of hydrogen-bond acceptors (Lipinski definition) is 4. The van der Waals surface area contributed by atoms with Crippen LogP contribution in [0.2, 0.25) is 0 Å². The van der Waals surface area contributed by atoms with Crippen molar-refractivity contribution in [2.24, 2.45) is 0 Å². The molecule has 0 aromatic heterocycles. The molecular weight excluding hydrogens is 480 g/mol. The van der Waals surface area contributed by atoms with Crippen molar-refractivity contribution in [1.29, 1.82) is 0 Å². The van der Waals surface area contributed by atoms with Gasteiger partial charge >= 0.3 is 12.1 Å². The molecule has 27 heavy (non-hydrogen) atoms. The van der Waals surface area contributed by atoms with Gasteiger partial charge in [0.1, 0.15) is 11.5 Å². The van der Waals surface area contributed by atoms with Gasteiger partial charge in [0.2, 0.25) is 0 Å². The maximum absolute atomic E-state index is 9.30. The van der Waals surface area contributed by atoms with Crippen LogP contribution >= 0.6 is 57.1 Å². The summed E-state index contributed by atoms with van der Waals surface area (Å²) in [7, 11) is 0. The average molecular weight is 498 g/mol. The van der Waals surface area contributed by atoms with Crippen molar-refractivity contribution in [1.82, 2.24) is 0 Å². The van der Waals surface area contributed by atoms with Crippen LogP contribution in [0.3, 0.4) is 0 Å². The summed E-state index contributed by atoms with van der Waals surface area (Å²) in [5.74, 6) is 0.547. The number of benzene rings is 2. The van der Waals surface area contributed by atoms with E-state index >= 15 is 0 Å². The first-order valence-electron chi connectivity index (χ1n) is 7.03. The highest BCUT2D eigenvalue weighted by Crippen LogP contribution is 2.51. The first kappa shape index (κ1) is 26.6. The van der Waals surface area contributed by atoms with Crippen LogP contribution in [0.25, 0.3) is 0 Å². The van der Waals surface area contributed by atoms with Gasteiger partial charge in [0.05, 0.1) is 0 Å². The Bertz CT molecular complexity index is 716. The Morgan fingerprint density at radius 1 is 0.667 bits per heavy atom. The molecule has 2 aromatic rings. The summed E-state index contributed by atoms with van der Waals surface area (Å²) in [6.07, 6.45) is -7.39. The van der Waals surface area contributed by atoms with E-state index in [1.54, 1.807) is 24.3 Å². The highest BCUT2D eigenvalue weighted by Gasteiger charge is 2.22. The number of phenolic OH excluding ortho intramolecular Hbond substituents is 2. The predicted octanol–water partition coefficient (Wildman–Crippen LogP) is 6.55. The van der Waals surface area contributed by atoms with Crippen molar-refractivity contribution in [3.05, 3.63) is 59.7 Å². The van der Waals surface area contributed by atoms with Gasteiger partial charge < -0.3 is 20.0 Å². The highest BCUT2D eigenvalue weighted by atomic mass is 35.9. The number of rotatable bonds is 2. The largest absolute Gasteiger partial charge is 0.508 e. The van der Waals surface area contributed by atoms with Crippen molar-refractivity contribution < 1.29 is 29.1 Å². The Hall–Kier alpha value is -0.420. The van der Waals surface area contributed by atoms with Gasteiger partial charge in [-0.25, -0.2) is 0 Å². The van der Waals surface area contributed by atoms with Gasteiger partial charge in [-0.3, -0.25) is 9.13 Å². The Balaban J connectivity index is 0.000000563. The van der Waals surface area contributed by atoms with E-state index in [4.69, 9.17) is 9.79 Å². The fourth-order valence-corrected chi connectivity index (χ4v) is 1.92. The molecule has 0 bridgehead atoms. The van der Waals surface area contributed by atoms with E-state index in [2.05, 4.69) is 58.8 Å². The molecule has 4 N–H and O–H groups in total.